The van der Waals surface area contributed by atoms with Crippen molar-refractivity contribution in [2.75, 3.05) is 19.6 Å². The van der Waals surface area contributed by atoms with Crippen LogP contribution in [0.5, 0.6) is 0 Å². The number of aliphatic imine (C=N–C) groups is 1. The van der Waals surface area contributed by atoms with E-state index in [0.29, 0.717) is 11.3 Å². The summed E-state index contributed by atoms with van der Waals surface area (Å²) in [7, 11) is 0. The van der Waals surface area contributed by atoms with Crippen molar-refractivity contribution in [3.63, 3.8) is 0 Å². The Bertz CT molecular complexity index is 1290. The van der Waals surface area contributed by atoms with Crippen molar-refractivity contribution in [3.8, 4) is 23.5 Å². The number of hydrogen-bond donors (Lipinski definition) is 1. The van der Waals surface area contributed by atoms with E-state index in [9.17, 15) is 0 Å². The fraction of sp³-hybridized carbons (Fsp3) is 0.447. The van der Waals surface area contributed by atoms with Gasteiger partial charge in [-0.3, -0.25) is 0 Å². The molecule has 41 heavy (non-hydrogen) atoms. The van der Waals surface area contributed by atoms with Gasteiger partial charge in [-0.25, -0.2) is 4.99 Å². The van der Waals surface area contributed by atoms with Crippen LogP contribution < -0.4 is 5.32 Å². The van der Waals surface area contributed by atoms with Gasteiger partial charge < -0.3 is 10.2 Å². The van der Waals surface area contributed by atoms with E-state index >= 15 is 0 Å². The van der Waals surface area contributed by atoms with Crippen molar-refractivity contribution >= 4 is 6.21 Å². The highest BCUT2D eigenvalue weighted by atomic mass is 15.1. The van der Waals surface area contributed by atoms with Gasteiger partial charge in [-0.05, 0) is 116 Å². The Morgan fingerprint density at radius 3 is 2.51 bits per heavy atom. The van der Waals surface area contributed by atoms with E-state index in [4.69, 9.17) is 6.42 Å². The molecule has 3 heteroatoms. The Balaban J connectivity index is 0.000000210. The second-order valence-electron chi connectivity index (χ2n) is 12.5. The molecule has 1 saturated carbocycles. The summed E-state index contributed by atoms with van der Waals surface area (Å²) in [5.41, 5.74) is 7.46. The summed E-state index contributed by atoms with van der Waals surface area (Å²) in [5, 5.41) is 3.30. The number of terminal acetylenes is 1. The Labute approximate surface area is 249 Å². The molecule has 2 aromatic carbocycles. The molecular weight excluding hydrogens is 498 g/mol. The predicted molar refractivity (Wildman–Crippen MR) is 177 cm³/mol. The van der Waals surface area contributed by atoms with Crippen molar-refractivity contribution < 1.29 is 0 Å². The largest absolute Gasteiger partial charge is 0.344 e. The maximum absolute atomic E-state index is 5.53. The summed E-state index contributed by atoms with van der Waals surface area (Å²) in [6.45, 7) is 16.8. The minimum Gasteiger partial charge on any atom is -0.344 e. The van der Waals surface area contributed by atoms with Gasteiger partial charge in [-0.15, -0.1) is 6.42 Å². The van der Waals surface area contributed by atoms with Crippen LogP contribution in [0.1, 0.15) is 83.8 Å². The zero-order valence-corrected chi connectivity index (χ0v) is 25.8. The van der Waals surface area contributed by atoms with Crippen LogP contribution in [0.25, 0.3) is 11.1 Å². The van der Waals surface area contributed by atoms with E-state index < -0.39 is 0 Å². The molecule has 5 rings (SSSR count). The Morgan fingerprint density at radius 2 is 1.85 bits per heavy atom. The second-order valence-corrected chi connectivity index (χ2v) is 12.5. The summed E-state index contributed by atoms with van der Waals surface area (Å²) < 4.78 is 0. The number of nitrogens with zero attached hydrogens (tertiary/aromatic N) is 2. The SMILES string of the molecule is C#Cc1cccc(-c2ccc(C3(C)CCN(CC4CC4)CC3)cc2)c1.C=C(NC1=CCC=C(C)C=N1)C(C)CCC. The Morgan fingerprint density at radius 1 is 1.12 bits per heavy atom. The lowest BCUT2D eigenvalue weighted by molar-refractivity contribution is 0.163. The maximum Gasteiger partial charge on any atom is 0.126 e. The van der Waals surface area contributed by atoms with Gasteiger partial charge in [0.25, 0.3) is 0 Å². The standard InChI is InChI=1S/C24H27N.C14H22N2/c1-3-19-5-4-6-22(17-19)21-9-11-23(12-10-21)24(2)13-15-25(16-14-24)18-20-7-8-20;1-5-7-12(3)13(4)16-14-9-6-8-11(2)10-15-14/h1,4-6,9-12,17,20H,7-8,13-16,18H2,2H3;8-10,12,16H,4-7H2,1-3H3. The van der Waals surface area contributed by atoms with Crippen molar-refractivity contribution in [3.05, 3.63) is 95.5 Å². The number of hydrogen-bond acceptors (Lipinski definition) is 3. The van der Waals surface area contributed by atoms with Crippen LogP contribution in [-0.2, 0) is 5.41 Å². The molecule has 3 nitrogen and oxygen atoms in total. The third kappa shape index (κ3) is 9.07. The smallest absolute Gasteiger partial charge is 0.126 e. The molecule has 0 radical (unpaired) electrons. The fourth-order valence-corrected chi connectivity index (χ4v) is 5.65. The van der Waals surface area contributed by atoms with Crippen molar-refractivity contribution in [2.24, 2.45) is 16.8 Å². The summed E-state index contributed by atoms with van der Waals surface area (Å²) in [4.78, 5) is 7.06. The van der Waals surface area contributed by atoms with Gasteiger partial charge in [0.2, 0.25) is 0 Å². The number of rotatable bonds is 9. The van der Waals surface area contributed by atoms with Gasteiger partial charge in [0.15, 0.2) is 0 Å². The first-order valence-corrected chi connectivity index (χ1v) is 15.6. The molecule has 2 heterocycles. The van der Waals surface area contributed by atoms with Gasteiger partial charge in [0, 0.05) is 24.0 Å². The van der Waals surface area contributed by atoms with Crippen molar-refractivity contribution in [1.82, 2.24) is 10.2 Å². The summed E-state index contributed by atoms with van der Waals surface area (Å²) >= 11 is 0. The third-order valence-corrected chi connectivity index (χ3v) is 8.88. The highest BCUT2D eigenvalue weighted by Gasteiger charge is 2.33. The van der Waals surface area contributed by atoms with Crippen LogP contribution in [0.3, 0.4) is 0 Å². The molecule has 0 amide bonds. The number of likely N-dealkylation sites (tertiary alicyclic amines) is 1. The number of allylic oxidation sites excluding steroid dienone is 4. The first-order valence-electron chi connectivity index (χ1n) is 15.6. The van der Waals surface area contributed by atoms with Crippen LogP contribution in [0.4, 0.5) is 0 Å². The van der Waals surface area contributed by atoms with E-state index in [1.54, 1.807) is 0 Å². The molecule has 0 bridgehead atoms. The quantitative estimate of drug-likeness (QED) is 0.318. The van der Waals surface area contributed by atoms with E-state index in [2.05, 4.69) is 104 Å². The Kier molecular flexibility index (Phi) is 10.8. The topological polar surface area (TPSA) is 27.6 Å². The summed E-state index contributed by atoms with van der Waals surface area (Å²) in [6.07, 6.45) is 20.4. The average Bonchev–Trinajstić information content (AvgIpc) is 3.83. The van der Waals surface area contributed by atoms with Gasteiger partial charge in [0.1, 0.15) is 5.82 Å². The minimum atomic E-state index is 0.319. The summed E-state index contributed by atoms with van der Waals surface area (Å²) in [6, 6.07) is 17.4. The lowest BCUT2D eigenvalue weighted by Gasteiger charge is -2.40. The second kappa shape index (κ2) is 14.5. The molecule has 1 aliphatic carbocycles. The first-order chi connectivity index (χ1) is 19.8. The number of nitrogens with one attached hydrogen (secondary N) is 1. The molecule has 0 spiro atoms. The molecule has 1 unspecified atom stereocenters. The van der Waals surface area contributed by atoms with Gasteiger partial charge in [-0.1, -0.05) is 82.2 Å². The maximum atomic E-state index is 5.53. The molecule has 0 aromatic heterocycles. The van der Waals surface area contributed by atoms with Crippen LogP contribution in [0, 0.1) is 24.2 Å². The molecule has 3 aliphatic rings. The van der Waals surface area contributed by atoms with Gasteiger partial charge in [-0.2, -0.15) is 0 Å². The van der Waals surface area contributed by atoms with Crippen molar-refractivity contribution in [1.29, 1.82) is 0 Å². The number of piperidine rings is 1. The van der Waals surface area contributed by atoms with E-state index in [1.165, 1.54) is 80.4 Å². The minimum absolute atomic E-state index is 0.319. The Hall–Kier alpha value is -3.35. The van der Waals surface area contributed by atoms with Crippen LogP contribution in [0.2, 0.25) is 0 Å². The fourth-order valence-electron chi connectivity index (χ4n) is 5.65. The van der Waals surface area contributed by atoms with E-state index in [1.807, 2.05) is 18.3 Å². The van der Waals surface area contributed by atoms with Crippen LogP contribution in [0.15, 0.2) is 89.3 Å². The molecule has 216 valence electrons. The zero-order chi connectivity index (χ0) is 29.2. The molecule has 1 atom stereocenters. The average molecular weight is 548 g/mol. The first kappa shape index (κ1) is 30.6. The highest BCUT2D eigenvalue weighted by Crippen LogP contribution is 2.38. The molecule has 1 N–H and O–H groups in total. The normalized spacial score (nSPS) is 19.0. The van der Waals surface area contributed by atoms with E-state index in [-0.39, 0.29) is 0 Å². The monoisotopic (exact) mass is 547 g/mol. The van der Waals surface area contributed by atoms with Crippen LogP contribution in [-0.4, -0.2) is 30.7 Å². The molecule has 2 aromatic rings. The zero-order valence-electron chi connectivity index (χ0n) is 25.8. The third-order valence-electron chi connectivity index (χ3n) is 8.88. The molecule has 2 fully saturated rings. The lowest BCUT2D eigenvalue weighted by Crippen LogP contribution is -2.41. The molecular formula is C38H49N3. The molecule has 2 aliphatic heterocycles. The van der Waals surface area contributed by atoms with Gasteiger partial charge >= 0.3 is 0 Å². The van der Waals surface area contributed by atoms with E-state index in [0.717, 1.165) is 29.4 Å². The van der Waals surface area contributed by atoms with Crippen LogP contribution >= 0.6 is 0 Å². The number of benzene rings is 2. The van der Waals surface area contributed by atoms with Crippen molar-refractivity contribution in [2.45, 2.75) is 78.1 Å². The predicted octanol–water partition coefficient (Wildman–Crippen LogP) is 8.89. The lowest BCUT2D eigenvalue weighted by atomic mass is 9.74. The molecule has 1 saturated heterocycles. The van der Waals surface area contributed by atoms with Gasteiger partial charge in [0.05, 0.1) is 0 Å². The highest BCUT2D eigenvalue weighted by molar-refractivity contribution is 5.79. The summed E-state index contributed by atoms with van der Waals surface area (Å²) in [5.74, 6) is 5.14.